The minimum atomic E-state index is -1.27. The van der Waals surface area contributed by atoms with Crippen LogP contribution in [0.1, 0.15) is 25.2 Å². The molecule has 0 bridgehead atoms. The highest BCUT2D eigenvalue weighted by Crippen LogP contribution is 2.57. The molecule has 206 valence electrons. The van der Waals surface area contributed by atoms with Crippen LogP contribution in [0.5, 0.6) is 5.75 Å². The first-order valence-corrected chi connectivity index (χ1v) is 13.3. The van der Waals surface area contributed by atoms with Crippen molar-refractivity contribution in [3.05, 3.63) is 98.6 Å². The van der Waals surface area contributed by atoms with Crippen molar-refractivity contribution in [2.24, 2.45) is 17.8 Å². The number of para-hydroxylation sites is 2. The Hall–Kier alpha value is -4.90. The number of ether oxygens (including phenoxy) is 1. The topological polar surface area (TPSA) is 137 Å². The average Bonchev–Trinajstić information content (AvgIpc) is 3.56. The van der Waals surface area contributed by atoms with E-state index in [4.69, 9.17) is 9.72 Å². The molecule has 3 aromatic carbocycles. The number of nitrogens with zero attached hydrogens (tertiary/aromatic N) is 4. The fourth-order valence-corrected chi connectivity index (χ4v) is 6.93. The van der Waals surface area contributed by atoms with Crippen molar-refractivity contribution >= 4 is 34.1 Å². The summed E-state index contributed by atoms with van der Waals surface area (Å²) in [5.41, 5.74) is 0.173. The van der Waals surface area contributed by atoms with E-state index in [0.29, 0.717) is 28.0 Å². The molecule has 4 aromatic rings. The van der Waals surface area contributed by atoms with E-state index in [1.807, 2.05) is 38.1 Å². The molecule has 3 aliphatic rings. The third-order valence-electron chi connectivity index (χ3n) is 8.63. The number of benzene rings is 3. The number of carbonyl (C=O) groups is 2. The van der Waals surface area contributed by atoms with Crippen molar-refractivity contribution in [3.63, 3.8) is 0 Å². The summed E-state index contributed by atoms with van der Waals surface area (Å²) >= 11 is 0. The predicted octanol–water partition coefficient (Wildman–Crippen LogP) is 3.29. The second-order valence-electron chi connectivity index (χ2n) is 11.0. The summed E-state index contributed by atoms with van der Waals surface area (Å²) in [6.45, 7) is 3.95. The van der Waals surface area contributed by atoms with E-state index in [9.17, 15) is 24.5 Å². The maximum atomic E-state index is 14.5. The molecule has 0 saturated carbocycles. The summed E-state index contributed by atoms with van der Waals surface area (Å²) in [5, 5.41) is 15.5. The third kappa shape index (κ3) is 3.12. The number of imide groups is 1. The maximum Gasteiger partial charge on any atom is 0.273 e. The number of methoxy groups -OCH3 is 1. The van der Waals surface area contributed by atoms with Gasteiger partial charge in [-0.1, -0.05) is 44.2 Å². The van der Waals surface area contributed by atoms with Crippen LogP contribution in [-0.4, -0.2) is 39.4 Å². The lowest BCUT2D eigenvalue weighted by molar-refractivity contribution is -0.384. The number of anilines is 1. The van der Waals surface area contributed by atoms with Crippen molar-refractivity contribution in [1.29, 1.82) is 0 Å². The second-order valence-corrected chi connectivity index (χ2v) is 11.0. The zero-order valence-corrected chi connectivity index (χ0v) is 22.4. The largest absolute Gasteiger partial charge is 0.494 e. The Labute approximate surface area is 233 Å². The van der Waals surface area contributed by atoms with Crippen LogP contribution >= 0.6 is 0 Å². The molecular weight excluding hydrogens is 526 g/mol. The van der Waals surface area contributed by atoms with Crippen LogP contribution in [0, 0.1) is 27.9 Å². The van der Waals surface area contributed by atoms with E-state index in [0.717, 1.165) is 4.90 Å². The molecule has 11 nitrogen and oxygen atoms in total. The number of aromatic nitrogens is 2. The zero-order chi connectivity index (χ0) is 28.8. The predicted molar refractivity (Wildman–Crippen MR) is 149 cm³/mol. The molecule has 11 heteroatoms. The second kappa shape index (κ2) is 8.55. The van der Waals surface area contributed by atoms with Crippen LogP contribution < -0.4 is 20.5 Å². The Morgan fingerprint density at radius 3 is 2.46 bits per heavy atom. The summed E-state index contributed by atoms with van der Waals surface area (Å²) in [7, 11) is 1.33. The molecule has 4 heterocycles. The molecule has 0 aliphatic carbocycles. The van der Waals surface area contributed by atoms with Crippen molar-refractivity contribution in [2.75, 3.05) is 12.0 Å². The Morgan fingerprint density at radius 1 is 1.00 bits per heavy atom. The zero-order valence-electron chi connectivity index (χ0n) is 22.4. The highest BCUT2D eigenvalue weighted by atomic mass is 16.6. The van der Waals surface area contributed by atoms with Gasteiger partial charge in [0.1, 0.15) is 17.1 Å². The van der Waals surface area contributed by atoms with Gasteiger partial charge in [0, 0.05) is 17.7 Å². The first kappa shape index (κ1) is 25.1. The van der Waals surface area contributed by atoms with Gasteiger partial charge < -0.3 is 4.74 Å². The molecule has 1 N–H and O–H groups in total. The maximum absolute atomic E-state index is 14.5. The number of amides is 2. The molecule has 7 rings (SSSR count). The minimum Gasteiger partial charge on any atom is -0.494 e. The lowest BCUT2D eigenvalue weighted by Gasteiger charge is -2.32. The summed E-state index contributed by atoms with van der Waals surface area (Å²) in [6.07, 6.45) is 0. The number of non-ortho nitro benzene ring substituents is 1. The molecule has 41 heavy (non-hydrogen) atoms. The monoisotopic (exact) mass is 551 g/mol. The molecule has 0 unspecified atom stereocenters. The van der Waals surface area contributed by atoms with E-state index in [2.05, 4.69) is 5.32 Å². The Morgan fingerprint density at radius 2 is 1.73 bits per heavy atom. The van der Waals surface area contributed by atoms with E-state index in [1.165, 1.54) is 25.3 Å². The summed E-state index contributed by atoms with van der Waals surface area (Å²) in [4.78, 5) is 59.5. The number of fused-ring (bicyclic) bond motifs is 8. The molecule has 1 aromatic heterocycles. The molecular formula is C30H25N5O6. The standard InChI is InChI=1S/C30H25N5O6/c1-15(2)25-23-24(28(38)33(27(23)37)21-13-12-16(35(39)40)14-22(21)41-3)30(32-25)18-9-5-7-11-20(18)34-26(36)17-8-4-6-10-19(17)31-29(30)34/h4-15,23-25,32H,1-3H3/t23-,24-,25-,30-/m0/s1. The van der Waals surface area contributed by atoms with Crippen LogP contribution in [0.15, 0.2) is 71.5 Å². The number of carbonyl (C=O) groups excluding carboxylic acids is 2. The number of rotatable bonds is 4. The first-order chi connectivity index (χ1) is 19.7. The number of nitro groups is 1. The van der Waals surface area contributed by atoms with Crippen molar-refractivity contribution in [2.45, 2.75) is 25.4 Å². The quantitative estimate of drug-likeness (QED) is 0.232. The molecule has 0 radical (unpaired) electrons. The van der Waals surface area contributed by atoms with Crippen molar-refractivity contribution in [1.82, 2.24) is 14.9 Å². The van der Waals surface area contributed by atoms with Gasteiger partial charge in [-0.15, -0.1) is 0 Å². The van der Waals surface area contributed by atoms with Gasteiger partial charge >= 0.3 is 0 Å². The number of hydrogen-bond donors (Lipinski definition) is 1. The van der Waals surface area contributed by atoms with Gasteiger partial charge in [-0.05, 0) is 30.2 Å². The van der Waals surface area contributed by atoms with Crippen molar-refractivity contribution < 1.29 is 19.2 Å². The Bertz CT molecular complexity index is 1880. The van der Waals surface area contributed by atoms with E-state index in [1.54, 1.807) is 28.8 Å². The Balaban J connectivity index is 1.50. The SMILES string of the molecule is COc1cc([N+](=O)[O-])ccc1N1C(=O)[C@H]2[C@@H](C1=O)[C@@]1(N[C@H]2C(C)C)c2ccccc2-n2c1nc1ccccc1c2=O. The molecule has 1 spiro atoms. The smallest absolute Gasteiger partial charge is 0.273 e. The van der Waals surface area contributed by atoms with Gasteiger partial charge in [-0.3, -0.25) is 34.4 Å². The molecule has 2 fully saturated rings. The minimum absolute atomic E-state index is 0.0385. The lowest BCUT2D eigenvalue weighted by atomic mass is 9.75. The normalized spacial score (nSPS) is 24.3. The molecule has 4 atom stereocenters. The van der Waals surface area contributed by atoms with E-state index in [-0.39, 0.29) is 28.6 Å². The lowest BCUT2D eigenvalue weighted by Crippen LogP contribution is -2.51. The fourth-order valence-electron chi connectivity index (χ4n) is 6.93. The van der Waals surface area contributed by atoms with Crippen LogP contribution in [0.25, 0.3) is 16.6 Å². The van der Waals surface area contributed by atoms with Crippen LogP contribution in [0.4, 0.5) is 11.4 Å². The number of hydrogen-bond acceptors (Lipinski definition) is 8. The van der Waals surface area contributed by atoms with Crippen molar-refractivity contribution in [3.8, 4) is 11.4 Å². The molecule has 2 amide bonds. The van der Waals surface area contributed by atoms with Crippen LogP contribution in [-0.2, 0) is 15.1 Å². The van der Waals surface area contributed by atoms with Gasteiger partial charge in [-0.2, -0.15) is 0 Å². The van der Waals surface area contributed by atoms with Gasteiger partial charge in [0.2, 0.25) is 11.8 Å². The van der Waals surface area contributed by atoms with Crippen LogP contribution in [0.2, 0.25) is 0 Å². The summed E-state index contributed by atoms with van der Waals surface area (Å²) in [5.74, 6) is -2.32. The van der Waals surface area contributed by atoms with Crippen LogP contribution in [0.3, 0.4) is 0 Å². The highest BCUT2D eigenvalue weighted by molar-refractivity contribution is 6.24. The van der Waals surface area contributed by atoms with Gasteiger partial charge in [0.05, 0.1) is 52.2 Å². The van der Waals surface area contributed by atoms with E-state index >= 15 is 0 Å². The third-order valence-corrected chi connectivity index (χ3v) is 8.63. The first-order valence-electron chi connectivity index (χ1n) is 13.3. The average molecular weight is 552 g/mol. The summed E-state index contributed by atoms with van der Waals surface area (Å²) in [6, 6.07) is 17.8. The fraction of sp³-hybridized carbons (Fsp3) is 0.267. The Kier molecular flexibility index (Phi) is 5.23. The van der Waals surface area contributed by atoms with Gasteiger partial charge in [-0.25, -0.2) is 9.88 Å². The molecule has 3 aliphatic heterocycles. The van der Waals surface area contributed by atoms with E-state index < -0.39 is 40.2 Å². The molecule has 2 saturated heterocycles. The van der Waals surface area contributed by atoms with Gasteiger partial charge in [0.25, 0.3) is 11.2 Å². The van der Waals surface area contributed by atoms with Gasteiger partial charge in [0.15, 0.2) is 0 Å². The highest BCUT2D eigenvalue weighted by Gasteiger charge is 2.70. The summed E-state index contributed by atoms with van der Waals surface area (Å²) < 4.78 is 6.96. The number of nitrogens with one attached hydrogen (secondary N) is 1. The number of nitro benzene ring substituents is 1.